The van der Waals surface area contributed by atoms with E-state index in [1.807, 2.05) is 114 Å². The van der Waals surface area contributed by atoms with Crippen LogP contribution in [0, 0.1) is 0 Å². The summed E-state index contributed by atoms with van der Waals surface area (Å²) in [5, 5.41) is 6.05. The van der Waals surface area contributed by atoms with Gasteiger partial charge in [-0.25, -0.2) is 0 Å². The van der Waals surface area contributed by atoms with Crippen molar-refractivity contribution in [1.29, 1.82) is 0 Å². The van der Waals surface area contributed by atoms with Crippen LogP contribution in [-0.4, -0.2) is 0 Å². The number of benzene rings is 10. The molecule has 58 heavy (non-hydrogen) atoms. The molecule has 2 nitrogen and oxygen atoms in total. The van der Waals surface area contributed by atoms with Gasteiger partial charge in [0.15, 0.2) is 0 Å². The van der Waals surface area contributed by atoms with Crippen molar-refractivity contribution in [2.75, 3.05) is 4.90 Å². The van der Waals surface area contributed by atoms with E-state index in [0.29, 0.717) is 22.5 Å². The Labute approximate surface area is 343 Å². The number of anilines is 3. The highest BCUT2D eigenvalue weighted by atomic mass is 16.3. The second-order valence-electron chi connectivity index (χ2n) is 14.5. The van der Waals surface area contributed by atoms with Crippen LogP contribution in [0.3, 0.4) is 0 Å². The molecule has 0 aliphatic rings. The minimum absolute atomic E-state index is 0.125. The normalized spacial score (nSPS) is 12.4. The van der Waals surface area contributed by atoms with Crippen molar-refractivity contribution in [2.24, 2.45) is 0 Å². The van der Waals surface area contributed by atoms with Crippen LogP contribution in [-0.2, 0) is 0 Å². The smallest absolute Gasteiger partial charge is 0.143 e. The van der Waals surface area contributed by atoms with Crippen LogP contribution in [0.1, 0.15) is 5.48 Å². The van der Waals surface area contributed by atoms with E-state index in [0.717, 1.165) is 71.3 Å². The van der Waals surface area contributed by atoms with Crippen LogP contribution in [0.4, 0.5) is 17.1 Å². The van der Waals surface area contributed by atoms with Crippen LogP contribution in [0.5, 0.6) is 0 Å². The Bertz CT molecular complexity index is 3470. The molecule has 0 bridgehead atoms. The van der Waals surface area contributed by atoms with Gasteiger partial charge in [0.1, 0.15) is 11.2 Å². The van der Waals surface area contributed by atoms with Crippen LogP contribution < -0.4 is 4.90 Å². The minimum atomic E-state index is -0.150. The lowest BCUT2D eigenvalue weighted by Crippen LogP contribution is -2.10. The molecule has 0 aliphatic heterocycles. The molecule has 2 heteroatoms. The summed E-state index contributed by atoms with van der Waals surface area (Å²) in [4.78, 5) is 1.87. The second kappa shape index (κ2) is 14.1. The molecule has 11 rings (SSSR count). The molecule has 0 aliphatic carbocycles. The van der Waals surface area contributed by atoms with Gasteiger partial charge in [0.25, 0.3) is 0 Å². The van der Waals surface area contributed by atoms with Gasteiger partial charge in [0.2, 0.25) is 0 Å². The SMILES string of the molecule is [2H]c1c([2H])c(N(c2ccc(-c3cccc4ccccc34)cc2)c2cccc3oc4c5ccccc5ccc4c23)c([2H])c([2H])c1-c1ccc(-c2ccccc2)c(-c2ccccc2)c1. The molecule has 11 aromatic rings. The number of rotatable bonds is 7. The largest absolute Gasteiger partial charge is 0.455 e. The van der Waals surface area contributed by atoms with Gasteiger partial charge in [0.05, 0.1) is 16.6 Å². The summed E-state index contributed by atoms with van der Waals surface area (Å²) in [6.45, 7) is 0. The highest BCUT2D eigenvalue weighted by molar-refractivity contribution is 6.19. The molecule has 0 unspecified atom stereocenters. The Kier molecular flexibility index (Phi) is 7.20. The van der Waals surface area contributed by atoms with Crippen molar-refractivity contribution < 1.29 is 9.90 Å². The van der Waals surface area contributed by atoms with Crippen LogP contribution in [0.25, 0.3) is 88.0 Å². The summed E-state index contributed by atoms with van der Waals surface area (Å²) in [5.41, 5.74) is 9.87. The first-order chi connectivity index (χ1) is 30.4. The number of hydrogen-bond donors (Lipinski definition) is 0. The van der Waals surface area contributed by atoms with Gasteiger partial charge in [-0.1, -0.05) is 176 Å². The highest BCUT2D eigenvalue weighted by Gasteiger charge is 2.21. The predicted octanol–water partition coefficient (Wildman–Crippen LogP) is 16.0. The van der Waals surface area contributed by atoms with Crippen molar-refractivity contribution in [1.82, 2.24) is 0 Å². The third kappa shape index (κ3) is 5.82. The number of fused-ring (bicyclic) bond motifs is 6. The van der Waals surface area contributed by atoms with Crippen molar-refractivity contribution in [3.63, 3.8) is 0 Å². The van der Waals surface area contributed by atoms with Gasteiger partial charge >= 0.3 is 0 Å². The average Bonchev–Trinajstić information content (AvgIpc) is 3.73. The first-order valence-corrected chi connectivity index (χ1v) is 19.5. The minimum Gasteiger partial charge on any atom is -0.455 e. The van der Waals surface area contributed by atoms with Gasteiger partial charge in [-0.2, -0.15) is 0 Å². The van der Waals surface area contributed by atoms with E-state index in [1.165, 1.54) is 0 Å². The van der Waals surface area contributed by atoms with Gasteiger partial charge < -0.3 is 9.32 Å². The lowest BCUT2D eigenvalue weighted by atomic mass is 9.91. The summed E-state index contributed by atoms with van der Waals surface area (Å²) in [5.74, 6) is 0. The van der Waals surface area contributed by atoms with Crippen molar-refractivity contribution in [3.8, 4) is 44.5 Å². The molecule has 272 valence electrons. The molecule has 0 saturated heterocycles. The highest BCUT2D eigenvalue weighted by Crippen LogP contribution is 2.45. The van der Waals surface area contributed by atoms with Crippen LogP contribution in [0.2, 0.25) is 0 Å². The maximum atomic E-state index is 9.80. The molecular formula is C56H37NO. The zero-order valence-electron chi connectivity index (χ0n) is 35.4. The molecule has 0 fully saturated rings. The molecule has 1 heterocycles. The Morgan fingerprint density at radius 2 is 0.966 bits per heavy atom. The molecule has 10 aromatic carbocycles. The molecule has 0 spiro atoms. The average molecular weight is 744 g/mol. The lowest BCUT2D eigenvalue weighted by molar-refractivity contribution is 0.672. The zero-order valence-corrected chi connectivity index (χ0v) is 31.4. The van der Waals surface area contributed by atoms with E-state index >= 15 is 0 Å². The van der Waals surface area contributed by atoms with Gasteiger partial charge in [-0.15, -0.1) is 0 Å². The standard InChI is InChI=1S/C56H37NO/c1-3-13-39(14-4-1)49-35-30-44(37-52(49)41-15-5-2-6-16-41)38-25-31-45(32-26-38)57(46-33-27-43(28-34-46)48-22-11-19-40-17-7-9-20-47(40)48)53-23-12-24-54-55(53)51-36-29-42-18-8-10-21-50(42)56(51)58-54/h1-37H/i25D,26D,31D,32D. The Morgan fingerprint density at radius 3 is 1.72 bits per heavy atom. The summed E-state index contributed by atoms with van der Waals surface area (Å²) < 4.78 is 45.6. The predicted molar refractivity (Wildman–Crippen MR) is 245 cm³/mol. The van der Waals surface area contributed by atoms with Gasteiger partial charge in [0, 0.05) is 22.1 Å². The van der Waals surface area contributed by atoms with Crippen LogP contribution >= 0.6 is 0 Å². The van der Waals surface area contributed by atoms with E-state index < -0.39 is 0 Å². The number of nitrogens with zero attached hydrogens (tertiary/aromatic N) is 1. The topological polar surface area (TPSA) is 16.4 Å². The number of hydrogen-bond acceptors (Lipinski definition) is 2. The zero-order chi connectivity index (χ0) is 41.9. The Hall–Kier alpha value is -7.68. The Morgan fingerprint density at radius 1 is 0.362 bits per heavy atom. The number of furan rings is 1. The maximum absolute atomic E-state index is 9.80. The molecule has 0 N–H and O–H groups in total. The second-order valence-corrected chi connectivity index (χ2v) is 14.5. The van der Waals surface area contributed by atoms with Gasteiger partial charge in [-0.3, -0.25) is 0 Å². The molecular weight excluding hydrogens is 703 g/mol. The van der Waals surface area contributed by atoms with E-state index in [-0.39, 0.29) is 35.4 Å². The monoisotopic (exact) mass is 743 g/mol. The summed E-state index contributed by atoms with van der Waals surface area (Å²) in [7, 11) is 0. The van der Waals surface area contributed by atoms with E-state index in [1.54, 1.807) is 0 Å². The maximum Gasteiger partial charge on any atom is 0.143 e. The first-order valence-electron chi connectivity index (χ1n) is 21.5. The molecule has 1 aromatic heterocycles. The van der Waals surface area contributed by atoms with E-state index in [9.17, 15) is 5.48 Å². The fraction of sp³-hybridized carbons (Fsp3) is 0. The summed E-state index contributed by atoms with van der Waals surface area (Å²) >= 11 is 0. The van der Waals surface area contributed by atoms with Crippen molar-refractivity contribution in [3.05, 3.63) is 224 Å². The van der Waals surface area contributed by atoms with Crippen LogP contribution in [0.15, 0.2) is 229 Å². The molecule has 0 amide bonds. The fourth-order valence-corrected chi connectivity index (χ4v) is 8.37. The first kappa shape index (κ1) is 29.6. The molecule has 0 radical (unpaired) electrons. The third-order valence-corrected chi connectivity index (χ3v) is 11.1. The fourth-order valence-electron chi connectivity index (χ4n) is 8.37. The lowest BCUT2D eigenvalue weighted by Gasteiger charge is -2.27. The van der Waals surface area contributed by atoms with E-state index in [2.05, 4.69) is 91.0 Å². The molecule has 0 saturated carbocycles. The Balaban J connectivity index is 1.13. The molecule has 0 atom stereocenters. The summed E-state index contributed by atoms with van der Waals surface area (Å²) in [6, 6.07) is 66.5. The van der Waals surface area contributed by atoms with Crippen molar-refractivity contribution >= 4 is 60.5 Å². The van der Waals surface area contributed by atoms with Gasteiger partial charge in [-0.05, 0) is 109 Å². The summed E-state index contributed by atoms with van der Waals surface area (Å²) in [6.07, 6.45) is 0. The van der Waals surface area contributed by atoms with Crippen molar-refractivity contribution in [2.45, 2.75) is 0 Å². The van der Waals surface area contributed by atoms with E-state index in [4.69, 9.17) is 4.42 Å². The quantitative estimate of drug-likeness (QED) is 0.162. The third-order valence-electron chi connectivity index (χ3n) is 11.1.